The Hall–Kier alpha value is -2.91. The summed E-state index contributed by atoms with van der Waals surface area (Å²) in [7, 11) is 0. The molecule has 6 heteroatoms. The number of fused-ring (bicyclic) bond motifs is 1. The minimum Gasteiger partial charge on any atom is -0.396 e. The summed E-state index contributed by atoms with van der Waals surface area (Å²) < 4.78 is 0. The van der Waals surface area contributed by atoms with E-state index in [4.69, 9.17) is 5.11 Å². The molecule has 3 amide bonds. The van der Waals surface area contributed by atoms with Crippen LogP contribution in [0.5, 0.6) is 0 Å². The van der Waals surface area contributed by atoms with E-state index in [-0.39, 0.29) is 18.9 Å². The van der Waals surface area contributed by atoms with Gasteiger partial charge in [-0.3, -0.25) is 20.0 Å². The maximum Gasteiger partial charge on any atom is 0.328 e. The molecule has 3 rings (SSSR count). The second kappa shape index (κ2) is 7.11. The van der Waals surface area contributed by atoms with Gasteiger partial charge in [-0.05, 0) is 18.6 Å². The maximum absolute atomic E-state index is 12.0. The number of pyridine rings is 1. The van der Waals surface area contributed by atoms with Crippen LogP contribution in [0.4, 0.5) is 10.5 Å². The van der Waals surface area contributed by atoms with Crippen molar-refractivity contribution in [3.8, 4) is 11.8 Å². The molecule has 1 saturated heterocycles. The number of nitrogens with zero attached hydrogens (tertiary/aromatic N) is 2. The van der Waals surface area contributed by atoms with Gasteiger partial charge in [0, 0.05) is 48.5 Å². The number of urea groups is 1. The number of unbranched alkanes of at least 4 members (excludes halogenated alkanes) is 1. The highest BCUT2D eigenvalue weighted by molar-refractivity contribution is 6.09. The van der Waals surface area contributed by atoms with Crippen molar-refractivity contribution in [3.05, 3.63) is 36.2 Å². The highest BCUT2D eigenvalue weighted by atomic mass is 16.3. The SMILES string of the molecule is O=C1CCN(c2cncc3cc(C#CCCCO)ccc23)C(=O)N1. The summed E-state index contributed by atoms with van der Waals surface area (Å²) in [6.07, 6.45) is 4.94. The smallest absolute Gasteiger partial charge is 0.328 e. The molecular formula is C18H17N3O3. The number of hydrogen-bond donors (Lipinski definition) is 2. The van der Waals surface area contributed by atoms with Gasteiger partial charge in [0.2, 0.25) is 5.91 Å². The molecule has 0 saturated carbocycles. The molecule has 122 valence electrons. The van der Waals surface area contributed by atoms with E-state index in [1.165, 1.54) is 4.90 Å². The van der Waals surface area contributed by atoms with Gasteiger partial charge in [-0.25, -0.2) is 4.79 Å². The zero-order valence-corrected chi connectivity index (χ0v) is 13.1. The van der Waals surface area contributed by atoms with E-state index in [1.54, 1.807) is 12.4 Å². The lowest BCUT2D eigenvalue weighted by Crippen LogP contribution is -2.49. The number of benzene rings is 1. The van der Waals surface area contributed by atoms with Gasteiger partial charge in [-0.15, -0.1) is 0 Å². The van der Waals surface area contributed by atoms with Gasteiger partial charge < -0.3 is 5.11 Å². The Labute approximate surface area is 139 Å². The standard InChI is InChI=1S/C18H17N3O3/c22-9-3-1-2-4-13-5-6-15-14(10-13)11-19-12-16(15)21-8-7-17(23)20-18(21)24/h5-6,10-12,22H,1,3,7-9H2,(H,20,23,24). The second-order valence-corrected chi connectivity index (χ2v) is 5.48. The van der Waals surface area contributed by atoms with Gasteiger partial charge >= 0.3 is 6.03 Å². The lowest BCUT2D eigenvalue weighted by molar-refractivity contribution is -0.120. The molecule has 1 aliphatic heterocycles. The number of aliphatic hydroxyl groups is 1. The Morgan fingerprint density at radius 3 is 2.96 bits per heavy atom. The van der Waals surface area contributed by atoms with Crippen molar-refractivity contribution in [2.45, 2.75) is 19.3 Å². The number of carbonyl (C=O) groups is 2. The van der Waals surface area contributed by atoms with E-state index in [0.29, 0.717) is 25.1 Å². The van der Waals surface area contributed by atoms with E-state index < -0.39 is 6.03 Å². The third kappa shape index (κ3) is 3.36. The van der Waals surface area contributed by atoms with Crippen LogP contribution in [0.1, 0.15) is 24.8 Å². The quantitative estimate of drug-likeness (QED) is 0.666. The van der Waals surface area contributed by atoms with E-state index in [9.17, 15) is 9.59 Å². The van der Waals surface area contributed by atoms with Crippen molar-refractivity contribution >= 4 is 28.4 Å². The van der Waals surface area contributed by atoms with Crippen molar-refractivity contribution in [2.75, 3.05) is 18.1 Å². The highest BCUT2D eigenvalue weighted by Gasteiger charge is 2.25. The van der Waals surface area contributed by atoms with Gasteiger partial charge in [-0.2, -0.15) is 0 Å². The van der Waals surface area contributed by atoms with Gasteiger partial charge in [0.1, 0.15) is 0 Å². The van der Waals surface area contributed by atoms with E-state index in [2.05, 4.69) is 22.1 Å². The van der Waals surface area contributed by atoms with Crippen LogP contribution in [0.3, 0.4) is 0 Å². The van der Waals surface area contributed by atoms with Crippen molar-refractivity contribution < 1.29 is 14.7 Å². The number of imide groups is 1. The van der Waals surface area contributed by atoms with Crippen molar-refractivity contribution in [1.82, 2.24) is 10.3 Å². The molecule has 0 atom stereocenters. The van der Waals surface area contributed by atoms with Crippen LogP contribution in [0.15, 0.2) is 30.6 Å². The molecule has 1 fully saturated rings. The van der Waals surface area contributed by atoms with Gasteiger partial charge in [0.15, 0.2) is 0 Å². The fraction of sp³-hybridized carbons (Fsp3) is 0.278. The summed E-state index contributed by atoms with van der Waals surface area (Å²) >= 11 is 0. The van der Waals surface area contributed by atoms with Crippen LogP contribution in [0.2, 0.25) is 0 Å². The van der Waals surface area contributed by atoms with Crippen molar-refractivity contribution in [2.24, 2.45) is 0 Å². The van der Waals surface area contributed by atoms with Crippen LogP contribution in [0.25, 0.3) is 10.8 Å². The Morgan fingerprint density at radius 2 is 2.17 bits per heavy atom. The monoisotopic (exact) mass is 323 g/mol. The lowest BCUT2D eigenvalue weighted by atomic mass is 10.1. The Kier molecular flexibility index (Phi) is 4.73. The number of aromatic nitrogens is 1. The third-order valence-corrected chi connectivity index (χ3v) is 3.78. The predicted molar refractivity (Wildman–Crippen MR) is 90.4 cm³/mol. The predicted octanol–water partition coefficient (Wildman–Crippen LogP) is 1.81. The number of rotatable bonds is 3. The summed E-state index contributed by atoms with van der Waals surface area (Å²) in [6.45, 7) is 0.480. The van der Waals surface area contributed by atoms with Gasteiger partial charge in [0.25, 0.3) is 0 Å². The molecule has 0 unspecified atom stereocenters. The zero-order valence-electron chi connectivity index (χ0n) is 13.1. The summed E-state index contributed by atoms with van der Waals surface area (Å²) in [4.78, 5) is 29.1. The average molecular weight is 323 g/mol. The number of nitrogens with one attached hydrogen (secondary N) is 1. The van der Waals surface area contributed by atoms with Crippen LogP contribution < -0.4 is 10.2 Å². The minimum absolute atomic E-state index is 0.139. The number of amides is 3. The number of hydrogen-bond acceptors (Lipinski definition) is 4. The molecule has 2 aromatic rings. The molecule has 0 bridgehead atoms. The number of anilines is 1. The molecule has 0 aliphatic carbocycles. The summed E-state index contributed by atoms with van der Waals surface area (Å²) in [5.41, 5.74) is 1.54. The summed E-state index contributed by atoms with van der Waals surface area (Å²) in [5, 5.41) is 12.8. The van der Waals surface area contributed by atoms with E-state index in [1.807, 2.05) is 18.2 Å². The topological polar surface area (TPSA) is 82.5 Å². The van der Waals surface area contributed by atoms with Crippen LogP contribution >= 0.6 is 0 Å². The molecule has 1 aromatic heterocycles. The van der Waals surface area contributed by atoms with E-state index in [0.717, 1.165) is 16.3 Å². The molecule has 0 radical (unpaired) electrons. The first-order valence-corrected chi connectivity index (χ1v) is 7.78. The molecular weight excluding hydrogens is 306 g/mol. The summed E-state index contributed by atoms with van der Waals surface area (Å²) in [6, 6.07) is 5.30. The zero-order chi connectivity index (χ0) is 16.9. The molecule has 1 aromatic carbocycles. The molecule has 24 heavy (non-hydrogen) atoms. The van der Waals surface area contributed by atoms with Gasteiger partial charge in [-0.1, -0.05) is 17.9 Å². The van der Waals surface area contributed by atoms with Gasteiger partial charge in [0.05, 0.1) is 11.9 Å². The average Bonchev–Trinajstić information content (AvgIpc) is 2.58. The molecule has 0 spiro atoms. The third-order valence-electron chi connectivity index (χ3n) is 3.78. The molecule has 2 heterocycles. The normalized spacial score (nSPS) is 14.3. The largest absolute Gasteiger partial charge is 0.396 e. The van der Waals surface area contributed by atoms with Crippen LogP contribution in [-0.2, 0) is 4.79 Å². The Morgan fingerprint density at radius 1 is 1.29 bits per heavy atom. The van der Waals surface area contributed by atoms with Crippen molar-refractivity contribution in [3.63, 3.8) is 0 Å². The highest BCUT2D eigenvalue weighted by Crippen LogP contribution is 2.27. The second-order valence-electron chi connectivity index (χ2n) is 5.48. The molecule has 6 nitrogen and oxygen atoms in total. The Balaban J connectivity index is 1.92. The first kappa shape index (κ1) is 16.0. The van der Waals surface area contributed by atoms with Crippen molar-refractivity contribution in [1.29, 1.82) is 0 Å². The molecule has 1 aliphatic rings. The lowest BCUT2D eigenvalue weighted by Gasteiger charge is -2.27. The number of carbonyl (C=O) groups excluding carboxylic acids is 2. The molecule has 2 N–H and O–H groups in total. The minimum atomic E-state index is -0.423. The maximum atomic E-state index is 12.0. The first-order valence-electron chi connectivity index (χ1n) is 7.78. The first-order chi connectivity index (χ1) is 11.7. The fourth-order valence-electron chi connectivity index (χ4n) is 2.58. The fourth-order valence-corrected chi connectivity index (χ4v) is 2.58. The van der Waals surface area contributed by atoms with Crippen LogP contribution in [-0.4, -0.2) is 35.2 Å². The summed E-state index contributed by atoms with van der Waals surface area (Å²) in [5.74, 6) is 5.81. The van der Waals surface area contributed by atoms with Crippen LogP contribution in [0, 0.1) is 11.8 Å². The van der Waals surface area contributed by atoms with E-state index >= 15 is 0 Å². The Bertz CT molecular complexity index is 851. The number of aliphatic hydroxyl groups excluding tert-OH is 1.